The van der Waals surface area contributed by atoms with Gasteiger partial charge in [0.25, 0.3) is 0 Å². The van der Waals surface area contributed by atoms with E-state index in [4.69, 9.17) is 18.9 Å². The van der Waals surface area contributed by atoms with Crippen LogP contribution in [0.25, 0.3) is 0 Å². The van der Waals surface area contributed by atoms with E-state index >= 15 is 0 Å². The molecule has 0 heterocycles. The lowest BCUT2D eigenvalue weighted by molar-refractivity contribution is -0.155. The summed E-state index contributed by atoms with van der Waals surface area (Å²) < 4.78 is 20.4. The summed E-state index contributed by atoms with van der Waals surface area (Å²) in [6.07, 6.45) is 6.06. The second-order valence-corrected chi connectivity index (χ2v) is 19.0. The number of rotatable bonds is 27. The molecule has 64 heavy (non-hydrogen) atoms. The fourth-order valence-corrected chi connectivity index (χ4v) is 3.81. The van der Waals surface area contributed by atoms with Crippen molar-refractivity contribution in [3.05, 3.63) is 0 Å². The molecule has 0 aromatic carbocycles. The van der Waals surface area contributed by atoms with Crippen LogP contribution in [0, 0.1) is 28.6 Å². The first-order valence-corrected chi connectivity index (χ1v) is 23.7. The van der Waals surface area contributed by atoms with E-state index in [1.165, 1.54) is 0 Å². The Morgan fingerprint density at radius 1 is 0.438 bits per heavy atom. The highest BCUT2D eigenvalue weighted by atomic mass is 16.5. The zero-order valence-electron chi connectivity index (χ0n) is 45.7. The third-order valence-electron chi connectivity index (χ3n) is 10.4. The molecule has 0 aliphatic carbocycles. The van der Waals surface area contributed by atoms with Gasteiger partial charge in [0.15, 0.2) is 0 Å². The Labute approximate surface area is 394 Å². The molecule has 0 bridgehead atoms. The molecule has 384 valence electrons. The minimum absolute atomic E-state index is 0.0344. The molecule has 15 nitrogen and oxygen atoms in total. The van der Waals surface area contributed by atoms with E-state index in [0.717, 1.165) is 84.2 Å². The maximum atomic E-state index is 11.5. The Balaban J connectivity index is -0.000000227. The lowest BCUT2D eigenvalue weighted by Gasteiger charge is -2.20. The van der Waals surface area contributed by atoms with Gasteiger partial charge in [-0.1, -0.05) is 55.4 Å². The summed E-state index contributed by atoms with van der Waals surface area (Å²) in [6.45, 7) is 30.6. The Kier molecular flexibility index (Phi) is 46.9. The van der Waals surface area contributed by atoms with Crippen LogP contribution in [0.15, 0.2) is 0 Å². The Morgan fingerprint density at radius 2 is 0.734 bits per heavy atom. The maximum absolute atomic E-state index is 11.5. The molecular weight excluding hydrogens is 817 g/mol. The van der Waals surface area contributed by atoms with E-state index in [1.807, 2.05) is 163 Å². The van der Waals surface area contributed by atoms with Crippen LogP contribution in [0.4, 0.5) is 0 Å². The number of hydrogen-bond donors (Lipinski definition) is 1. The molecule has 0 aliphatic heterocycles. The topological polar surface area (TPSA) is 150 Å². The molecule has 0 fully saturated rings. The zero-order valence-corrected chi connectivity index (χ0v) is 45.7. The van der Waals surface area contributed by atoms with Crippen molar-refractivity contribution in [3.63, 3.8) is 0 Å². The van der Waals surface area contributed by atoms with Crippen LogP contribution in [0.5, 0.6) is 0 Å². The van der Waals surface area contributed by atoms with Crippen molar-refractivity contribution in [2.75, 3.05) is 136 Å². The van der Waals surface area contributed by atoms with Crippen LogP contribution < -0.4 is 5.32 Å². The molecule has 3 unspecified atom stereocenters. The van der Waals surface area contributed by atoms with E-state index in [-0.39, 0.29) is 58.4 Å². The molecule has 0 radical (unpaired) electrons. The molecule has 15 heteroatoms. The first-order valence-electron chi connectivity index (χ1n) is 23.7. The number of nitrogens with zero attached hydrogens (tertiary/aromatic N) is 5. The van der Waals surface area contributed by atoms with Crippen LogP contribution in [-0.2, 0) is 42.9 Å². The molecular formula is C49H104N6O9. The first-order chi connectivity index (χ1) is 29.5. The van der Waals surface area contributed by atoms with E-state index in [9.17, 15) is 24.0 Å². The van der Waals surface area contributed by atoms with Crippen molar-refractivity contribution in [2.24, 2.45) is 28.6 Å². The molecule has 1 amide bonds. The van der Waals surface area contributed by atoms with E-state index in [2.05, 4.69) is 20.0 Å². The van der Waals surface area contributed by atoms with Gasteiger partial charge >= 0.3 is 23.9 Å². The zero-order chi connectivity index (χ0) is 51.1. The van der Waals surface area contributed by atoms with Gasteiger partial charge in [0.05, 0.1) is 35.9 Å². The van der Waals surface area contributed by atoms with E-state index < -0.39 is 0 Å². The second-order valence-electron chi connectivity index (χ2n) is 19.0. The highest BCUT2D eigenvalue weighted by Gasteiger charge is 2.27. The molecule has 0 rings (SSSR count). The molecule has 0 aromatic rings. The third kappa shape index (κ3) is 47.1. The van der Waals surface area contributed by atoms with Crippen molar-refractivity contribution < 1.29 is 42.9 Å². The summed E-state index contributed by atoms with van der Waals surface area (Å²) in [6, 6.07) is 0. The number of nitrogens with one attached hydrogen (secondary N) is 1. The quantitative estimate of drug-likeness (QED) is 0.0522. The number of hydrogen-bond acceptors (Lipinski definition) is 14. The highest BCUT2D eigenvalue weighted by molar-refractivity contribution is 5.78. The fourth-order valence-electron chi connectivity index (χ4n) is 3.81. The monoisotopic (exact) mass is 921 g/mol. The van der Waals surface area contributed by atoms with Crippen LogP contribution in [0.3, 0.4) is 0 Å². The number of carbonyl (C=O) groups excluding carboxylic acids is 5. The van der Waals surface area contributed by atoms with Gasteiger partial charge in [-0.05, 0) is 143 Å². The summed E-state index contributed by atoms with van der Waals surface area (Å²) in [5, 5.41) is 2.88. The SMILES string of the molecule is CCC(C)(C)C(=O)OCCCN(C)C.CCC(C)(C)C(=O)OCCN(C)C.CCC(C)C(=O)NCCN(C)C.CCC(C)C(=O)OCCCN(C)C.CCC(C)C(=O)OCCN(C)C. The van der Waals surface area contributed by atoms with Crippen LogP contribution in [0.1, 0.15) is 128 Å². The van der Waals surface area contributed by atoms with Gasteiger partial charge < -0.3 is 48.8 Å². The van der Waals surface area contributed by atoms with Gasteiger partial charge in [0.1, 0.15) is 13.2 Å². The number of ether oxygens (including phenoxy) is 4. The van der Waals surface area contributed by atoms with Crippen molar-refractivity contribution >= 4 is 29.8 Å². The largest absolute Gasteiger partial charge is 0.465 e. The van der Waals surface area contributed by atoms with Gasteiger partial charge in [-0.2, -0.15) is 0 Å². The summed E-state index contributed by atoms with van der Waals surface area (Å²) in [5.74, 6) is 0.0502. The third-order valence-corrected chi connectivity index (χ3v) is 10.4. The minimum Gasteiger partial charge on any atom is -0.465 e. The van der Waals surface area contributed by atoms with Crippen LogP contribution in [0.2, 0.25) is 0 Å². The summed E-state index contributed by atoms with van der Waals surface area (Å²) in [7, 11) is 19.9. The Hall–Kier alpha value is -2.85. The first kappa shape index (κ1) is 70.2. The fraction of sp³-hybridized carbons (Fsp3) is 0.898. The average Bonchev–Trinajstić information content (AvgIpc) is 3.22. The second kappa shape index (κ2) is 42.8. The molecule has 1 N–H and O–H groups in total. The molecule has 0 saturated heterocycles. The van der Waals surface area contributed by atoms with Gasteiger partial charge in [-0.15, -0.1) is 0 Å². The Bertz CT molecular complexity index is 1130. The van der Waals surface area contributed by atoms with E-state index in [0.29, 0.717) is 26.4 Å². The molecule has 3 atom stereocenters. The summed E-state index contributed by atoms with van der Waals surface area (Å²) in [5.41, 5.74) is -0.676. The smallest absolute Gasteiger partial charge is 0.311 e. The standard InChI is InChI=1S/C11H23NO2.2C10H21NO2.C9H20N2O.C9H19NO2/c1-6-11(2,3)10(13)14-9-7-8-12(4)5;1-6-10(2,3)9(12)13-8-7-11(4)5;1-5-9(2)10(12)13-8-6-7-11(3)4;1-5-8(2)9(12)10-6-7-11(3)4;1-5-8(2)9(11)12-7-6-10(3)4/h6-9H2,1-5H3;6-8H2,1-5H3;9H,5-8H2,1-4H3;8H,5-7H2,1-4H3,(H,10,12);8H,5-7H2,1-4H3. The van der Waals surface area contributed by atoms with Crippen molar-refractivity contribution in [1.29, 1.82) is 0 Å². The van der Waals surface area contributed by atoms with Crippen molar-refractivity contribution in [1.82, 2.24) is 29.8 Å². The number of carbonyl (C=O) groups is 5. The van der Waals surface area contributed by atoms with Crippen molar-refractivity contribution in [2.45, 2.75) is 128 Å². The number of amides is 1. The van der Waals surface area contributed by atoms with Gasteiger partial charge in [-0.3, -0.25) is 24.0 Å². The lowest BCUT2D eigenvalue weighted by atomic mass is 9.91. The minimum atomic E-state index is -0.341. The van der Waals surface area contributed by atoms with Gasteiger partial charge in [0.2, 0.25) is 5.91 Å². The molecule has 0 spiro atoms. The predicted octanol–water partition coefficient (Wildman–Crippen LogP) is 6.82. The normalized spacial score (nSPS) is 12.5. The summed E-state index contributed by atoms with van der Waals surface area (Å²) in [4.78, 5) is 66.7. The number of likely N-dealkylation sites (N-methyl/N-ethyl adjacent to an activating group) is 3. The average molecular weight is 921 g/mol. The maximum Gasteiger partial charge on any atom is 0.311 e. The Morgan fingerprint density at radius 3 is 1.05 bits per heavy atom. The van der Waals surface area contributed by atoms with Gasteiger partial charge in [-0.25, -0.2) is 0 Å². The van der Waals surface area contributed by atoms with Crippen LogP contribution >= 0.6 is 0 Å². The van der Waals surface area contributed by atoms with Crippen molar-refractivity contribution in [3.8, 4) is 0 Å². The number of esters is 4. The lowest BCUT2D eigenvalue weighted by Crippen LogP contribution is -2.34. The van der Waals surface area contributed by atoms with Crippen LogP contribution in [-0.4, -0.2) is 190 Å². The highest BCUT2D eigenvalue weighted by Crippen LogP contribution is 2.22. The predicted molar refractivity (Wildman–Crippen MR) is 265 cm³/mol. The molecule has 0 aromatic heterocycles. The molecule has 0 aliphatic rings. The summed E-state index contributed by atoms with van der Waals surface area (Å²) >= 11 is 0. The van der Waals surface area contributed by atoms with Gasteiger partial charge in [0, 0.05) is 45.2 Å². The van der Waals surface area contributed by atoms with E-state index in [1.54, 1.807) is 0 Å². The molecule has 0 saturated carbocycles.